The van der Waals surface area contributed by atoms with E-state index in [0.29, 0.717) is 31.1 Å². The molecule has 2 heterocycles. The number of nitrogens with one attached hydrogen (secondary N) is 1. The van der Waals surface area contributed by atoms with Crippen LogP contribution in [-0.2, 0) is 9.59 Å². The van der Waals surface area contributed by atoms with E-state index in [2.05, 4.69) is 17.4 Å². The summed E-state index contributed by atoms with van der Waals surface area (Å²) in [6, 6.07) is 1.42. The second-order valence-corrected chi connectivity index (χ2v) is 5.85. The number of amides is 2. The lowest BCUT2D eigenvalue weighted by atomic mass is 10.1. The quantitative estimate of drug-likeness (QED) is 0.790. The lowest BCUT2D eigenvalue weighted by Crippen LogP contribution is -2.43. The molecule has 122 valence electrons. The molecular formula is C15H24N4O3. The van der Waals surface area contributed by atoms with E-state index in [9.17, 15) is 9.59 Å². The van der Waals surface area contributed by atoms with Crippen LogP contribution in [0.3, 0.4) is 0 Å². The lowest BCUT2D eigenvalue weighted by molar-refractivity contribution is -0.123. The Kier molecular flexibility index (Phi) is 5.54. The predicted octanol–water partition coefficient (Wildman–Crippen LogP) is 1.29. The zero-order valence-corrected chi connectivity index (χ0v) is 13.2. The summed E-state index contributed by atoms with van der Waals surface area (Å²) >= 11 is 0. The fraction of sp³-hybridized carbons (Fsp3) is 0.667. The molecule has 7 heteroatoms. The van der Waals surface area contributed by atoms with E-state index in [-0.39, 0.29) is 23.8 Å². The number of aromatic nitrogens is 1. The largest absolute Gasteiger partial charge is 0.369 e. The molecule has 1 saturated heterocycles. The number of primary amides is 1. The highest BCUT2D eigenvalue weighted by Crippen LogP contribution is 2.22. The molecule has 0 saturated carbocycles. The minimum atomic E-state index is -0.288. The first-order valence-electron chi connectivity index (χ1n) is 7.78. The molecule has 0 bridgehead atoms. The van der Waals surface area contributed by atoms with Gasteiger partial charge in [-0.05, 0) is 26.3 Å². The fourth-order valence-corrected chi connectivity index (χ4v) is 2.81. The number of hydrogen-bond acceptors (Lipinski definition) is 5. The van der Waals surface area contributed by atoms with Crippen LogP contribution in [0.5, 0.6) is 0 Å². The predicted molar refractivity (Wildman–Crippen MR) is 82.1 cm³/mol. The Labute approximate surface area is 130 Å². The van der Waals surface area contributed by atoms with E-state index < -0.39 is 0 Å². The fourth-order valence-electron chi connectivity index (χ4n) is 2.81. The molecule has 0 aromatic carbocycles. The van der Waals surface area contributed by atoms with Crippen LogP contribution < -0.4 is 11.1 Å². The van der Waals surface area contributed by atoms with Crippen molar-refractivity contribution in [2.45, 2.75) is 45.6 Å². The van der Waals surface area contributed by atoms with E-state index in [1.54, 1.807) is 13.0 Å². The lowest BCUT2D eigenvalue weighted by Gasteiger charge is -2.26. The summed E-state index contributed by atoms with van der Waals surface area (Å²) in [6.45, 7) is 5.13. The molecular weight excluding hydrogens is 284 g/mol. The maximum Gasteiger partial charge on any atom is 0.242 e. The number of nitrogens with zero attached hydrogens (tertiary/aromatic N) is 2. The molecule has 1 aliphatic rings. The molecule has 7 nitrogen and oxygen atoms in total. The second-order valence-electron chi connectivity index (χ2n) is 5.85. The molecule has 22 heavy (non-hydrogen) atoms. The molecule has 0 spiro atoms. The number of nitrogens with two attached hydrogens (primary N) is 1. The van der Waals surface area contributed by atoms with Crippen LogP contribution in [-0.4, -0.2) is 41.0 Å². The Bertz CT molecular complexity index is 529. The Morgan fingerprint density at radius 2 is 2.36 bits per heavy atom. The van der Waals surface area contributed by atoms with Gasteiger partial charge in [0.15, 0.2) is 5.82 Å². The topological polar surface area (TPSA) is 101 Å². The van der Waals surface area contributed by atoms with Gasteiger partial charge in [-0.25, -0.2) is 0 Å². The van der Waals surface area contributed by atoms with E-state index in [0.717, 1.165) is 19.3 Å². The first-order chi connectivity index (χ1) is 10.5. The van der Waals surface area contributed by atoms with Crippen molar-refractivity contribution in [3.63, 3.8) is 0 Å². The van der Waals surface area contributed by atoms with Gasteiger partial charge in [0.25, 0.3) is 0 Å². The Morgan fingerprint density at radius 1 is 1.59 bits per heavy atom. The number of anilines is 1. The van der Waals surface area contributed by atoms with Crippen LogP contribution in [0.4, 0.5) is 5.82 Å². The molecule has 0 radical (unpaired) electrons. The highest BCUT2D eigenvalue weighted by molar-refractivity contribution is 5.94. The summed E-state index contributed by atoms with van der Waals surface area (Å²) in [5, 5.41) is 6.58. The monoisotopic (exact) mass is 308 g/mol. The Balaban J connectivity index is 2.02. The van der Waals surface area contributed by atoms with Gasteiger partial charge >= 0.3 is 0 Å². The highest BCUT2D eigenvalue weighted by atomic mass is 16.5. The van der Waals surface area contributed by atoms with Gasteiger partial charge in [0, 0.05) is 12.6 Å². The molecule has 0 aliphatic carbocycles. The van der Waals surface area contributed by atoms with Gasteiger partial charge in [0.2, 0.25) is 11.8 Å². The Morgan fingerprint density at radius 3 is 2.91 bits per heavy atom. The number of aryl methyl sites for hydroxylation is 1. The molecule has 2 rings (SSSR count). The molecule has 3 N–H and O–H groups in total. The summed E-state index contributed by atoms with van der Waals surface area (Å²) in [5.74, 6) is 0.521. The normalized spacial score (nSPS) is 20.0. The third kappa shape index (κ3) is 4.07. The first-order valence-corrected chi connectivity index (χ1v) is 7.78. The summed E-state index contributed by atoms with van der Waals surface area (Å²) in [7, 11) is 0. The standard InChI is InChI=1S/C15H24N4O3/c1-3-4-5-12(19-7-6-11(9-19)14(16)20)15(21)17-13-8-10(2)22-18-13/h8,11-12H,3-7,9H2,1-2H3,(H2,16,20)(H,17,18,21)/t11-,12-/m1/s1. The van der Waals surface area contributed by atoms with Crippen molar-refractivity contribution in [2.24, 2.45) is 11.7 Å². The number of carbonyl (C=O) groups is 2. The number of likely N-dealkylation sites (tertiary alicyclic amines) is 1. The van der Waals surface area contributed by atoms with Crippen molar-refractivity contribution in [2.75, 3.05) is 18.4 Å². The van der Waals surface area contributed by atoms with E-state index in [4.69, 9.17) is 10.3 Å². The maximum atomic E-state index is 12.5. The number of rotatable bonds is 7. The summed E-state index contributed by atoms with van der Waals surface area (Å²) < 4.78 is 4.96. The minimum Gasteiger partial charge on any atom is -0.369 e. The highest BCUT2D eigenvalue weighted by Gasteiger charge is 2.34. The molecule has 1 aliphatic heterocycles. The van der Waals surface area contributed by atoms with Gasteiger partial charge in [0.05, 0.1) is 12.0 Å². The van der Waals surface area contributed by atoms with Crippen LogP contribution in [0.1, 0.15) is 38.4 Å². The van der Waals surface area contributed by atoms with E-state index >= 15 is 0 Å². The van der Waals surface area contributed by atoms with Crippen molar-refractivity contribution in [1.82, 2.24) is 10.1 Å². The van der Waals surface area contributed by atoms with E-state index in [1.807, 2.05) is 4.90 Å². The van der Waals surface area contributed by atoms with E-state index in [1.165, 1.54) is 0 Å². The molecule has 1 fully saturated rings. The van der Waals surface area contributed by atoms with Crippen molar-refractivity contribution in [3.05, 3.63) is 11.8 Å². The van der Waals surface area contributed by atoms with Crippen LogP contribution in [0.2, 0.25) is 0 Å². The number of carbonyl (C=O) groups excluding carboxylic acids is 2. The van der Waals surface area contributed by atoms with Gasteiger partial charge in [-0.2, -0.15) is 0 Å². The molecule has 2 amide bonds. The molecule has 1 aromatic rings. The van der Waals surface area contributed by atoms with Crippen LogP contribution >= 0.6 is 0 Å². The first kappa shape index (κ1) is 16.5. The molecule has 0 unspecified atom stereocenters. The van der Waals surface area contributed by atoms with Crippen LogP contribution in [0.15, 0.2) is 10.6 Å². The summed E-state index contributed by atoms with van der Waals surface area (Å²) in [4.78, 5) is 25.9. The third-order valence-corrected chi connectivity index (χ3v) is 4.08. The van der Waals surface area contributed by atoms with Crippen molar-refractivity contribution >= 4 is 17.6 Å². The number of hydrogen-bond donors (Lipinski definition) is 2. The number of unbranched alkanes of at least 4 members (excludes halogenated alkanes) is 1. The van der Waals surface area contributed by atoms with Gasteiger partial charge in [0.1, 0.15) is 5.76 Å². The van der Waals surface area contributed by atoms with Gasteiger partial charge in [-0.1, -0.05) is 24.9 Å². The van der Waals surface area contributed by atoms with Gasteiger partial charge in [-0.3, -0.25) is 14.5 Å². The van der Waals surface area contributed by atoms with Gasteiger partial charge in [-0.15, -0.1) is 0 Å². The average Bonchev–Trinajstić information content (AvgIpc) is 3.09. The van der Waals surface area contributed by atoms with Crippen molar-refractivity contribution < 1.29 is 14.1 Å². The van der Waals surface area contributed by atoms with Crippen LogP contribution in [0, 0.1) is 12.8 Å². The zero-order valence-electron chi connectivity index (χ0n) is 13.2. The zero-order chi connectivity index (χ0) is 16.1. The molecule has 1 aromatic heterocycles. The Hall–Kier alpha value is -1.89. The van der Waals surface area contributed by atoms with Crippen LogP contribution in [0.25, 0.3) is 0 Å². The average molecular weight is 308 g/mol. The van der Waals surface area contributed by atoms with Crippen molar-refractivity contribution in [3.8, 4) is 0 Å². The summed E-state index contributed by atoms with van der Waals surface area (Å²) in [6.07, 6.45) is 3.44. The minimum absolute atomic E-state index is 0.105. The molecule has 2 atom stereocenters. The van der Waals surface area contributed by atoms with Crippen molar-refractivity contribution in [1.29, 1.82) is 0 Å². The SMILES string of the molecule is CCCC[C@H](C(=O)Nc1cc(C)on1)N1CC[C@@H](C(N)=O)C1. The maximum absolute atomic E-state index is 12.5. The third-order valence-electron chi connectivity index (χ3n) is 4.08. The second kappa shape index (κ2) is 7.40. The summed E-state index contributed by atoms with van der Waals surface area (Å²) in [5.41, 5.74) is 5.37. The van der Waals surface area contributed by atoms with Gasteiger partial charge < -0.3 is 15.6 Å². The smallest absolute Gasteiger partial charge is 0.242 e.